The van der Waals surface area contributed by atoms with Crippen molar-refractivity contribution in [1.29, 1.82) is 0 Å². The van der Waals surface area contributed by atoms with Crippen LogP contribution in [0.4, 0.5) is 0 Å². The number of carboxylic acid groups (broad SMARTS) is 1. The molecule has 114 valence electrons. The first-order valence-corrected chi connectivity index (χ1v) is 6.59. The molecule has 1 saturated heterocycles. The molecule has 0 saturated carbocycles. The lowest BCUT2D eigenvalue weighted by atomic mass is 10.1. The molecular weight excluding hydrogens is 308 g/mol. The Balaban J connectivity index is 2.18. The molecule has 8 heteroatoms. The number of aliphatic carboxylic acids is 1. The summed E-state index contributed by atoms with van der Waals surface area (Å²) in [6.45, 7) is -0.441. The van der Waals surface area contributed by atoms with Crippen LogP contribution in [0.1, 0.15) is 5.56 Å². The molecule has 0 aliphatic carbocycles. The molecule has 0 spiro atoms. The number of amides is 2. The fourth-order valence-corrected chi connectivity index (χ4v) is 1.89. The quantitative estimate of drug-likeness (QED) is 0.474. The van der Waals surface area contributed by atoms with Gasteiger partial charge in [0, 0.05) is 7.05 Å². The van der Waals surface area contributed by atoms with Crippen molar-refractivity contribution >= 4 is 41.2 Å². The van der Waals surface area contributed by atoms with Crippen LogP contribution < -0.4 is 10.1 Å². The summed E-state index contributed by atoms with van der Waals surface area (Å²) in [4.78, 5) is 35.4. The van der Waals surface area contributed by atoms with Crippen LogP contribution in [0.25, 0.3) is 6.08 Å². The zero-order chi connectivity index (χ0) is 16.3. The molecule has 2 amide bonds. The first kappa shape index (κ1) is 15.6. The molecule has 7 nitrogen and oxygen atoms in total. The number of benzene rings is 1. The summed E-state index contributed by atoms with van der Waals surface area (Å²) in [5.41, 5.74) is 0.567. The number of likely N-dealkylation sites (N-methyl/N-ethyl adjacent to an activating group) is 1. The fourth-order valence-electron chi connectivity index (χ4n) is 1.72. The molecule has 0 atom stereocenters. The van der Waals surface area contributed by atoms with E-state index in [1.807, 2.05) is 0 Å². The molecular formula is C14H12N2O5S. The highest BCUT2D eigenvalue weighted by molar-refractivity contribution is 7.80. The van der Waals surface area contributed by atoms with Gasteiger partial charge in [-0.2, -0.15) is 0 Å². The highest BCUT2D eigenvalue weighted by atomic mass is 32.1. The van der Waals surface area contributed by atoms with E-state index in [4.69, 9.17) is 22.1 Å². The van der Waals surface area contributed by atoms with Gasteiger partial charge in [-0.1, -0.05) is 12.1 Å². The molecule has 0 unspecified atom stereocenters. The van der Waals surface area contributed by atoms with E-state index in [9.17, 15) is 14.4 Å². The van der Waals surface area contributed by atoms with E-state index in [-0.39, 0.29) is 10.7 Å². The van der Waals surface area contributed by atoms with Gasteiger partial charge >= 0.3 is 5.97 Å². The van der Waals surface area contributed by atoms with Gasteiger partial charge in [-0.25, -0.2) is 4.79 Å². The maximum Gasteiger partial charge on any atom is 0.341 e. The lowest BCUT2D eigenvalue weighted by molar-refractivity contribution is -0.139. The molecule has 0 bridgehead atoms. The van der Waals surface area contributed by atoms with Crippen molar-refractivity contribution in [2.75, 3.05) is 13.7 Å². The second-order valence-electron chi connectivity index (χ2n) is 4.43. The highest BCUT2D eigenvalue weighted by Crippen LogP contribution is 2.17. The average molecular weight is 320 g/mol. The largest absolute Gasteiger partial charge is 0.482 e. The standard InChI is InChI=1S/C14H12N2O5S/c1-16-13(20)10(12(19)15-14(16)22)6-8-2-4-9(5-3-8)21-7-11(17)18/h2-6H,7H2,1H3,(H,17,18)(H,15,19,22). The summed E-state index contributed by atoms with van der Waals surface area (Å²) in [5.74, 6) is -1.74. The zero-order valence-electron chi connectivity index (χ0n) is 11.5. The van der Waals surface area contributed by atoms with E-state index in [2.05, 4.69) is 5.32 Å². The van der Waals surface area contributed by atoms with Crippen LogP contribution in [0.15, 0.2) is 29.8 Å². The Morgan fingerprint density at radius 2 is 2.00 bits per heavy atom. The van der Waals surface area contributed by atoms with Crippen molar-refractivity contribution in [1.82, 2.24) is 10.2 Å². The summed E-state index contributed by atoms with van der Waals surface area (Å²) in [6.07, 6.45) is 1.43. The molecule has 1 aliphatic rings. The lowest BCUT2D eigenvalue weighted by Gasteiger charge is -2.25. The Morgan fingerprint density at radius 1 is 1.36 bits per heavy atom. The number of carbonyl (C=O) groups is 3. The number of thiocarbonyl (C=S) groups is 1. The van der Waals surface area contributed by atoms with Crippen molar-refractivity contribution < 1.29 is 24.2 Å². The number of hydrogen-bond donors (Lipinski definition) is 2. The molecule has 2 rings (SSSR count). The van der Waals surface area contributed by atoms with E-state index < -0.39 is 24.4 Å². The summed E-state index contributed by atoms with van der Waals surface area (Å²) in [7, 11) is 1.47. The van der Waals surface area contributed by atoms with Gasteiger partial charge in [0.2, 0.25) is 0 Å². The van der Waals surface area contributed by atoms with Crippen molar-refractivity contribution in [3.8, 4) is 5.75 Å². The van der Waals surface area contributed by atoms with E-state index in [0.29, 0.717) is 11.3 Å². The predicted octanol–water partition coefficient (Wildman–Crippen LogP) is 0.406. The Labute approximate surface area is 131 Å². The summed E-state index contributed by atoms with van der Waals surface area (Å²) in [5, 5.41) is 11.0. The first-order chi connectivity index (χ1) is 10.4. The number of hydrogen-bond acceptors (Lipinski definition) is 5. The van der Waals surface area contributed by atoms with E-state index in [1.165, 1.54) is 18.0 Å². The highest BCUT2D eigenvalue weighted by Gasteiger charge is 2.30. The van der Waals surface area contributed by atoms with Crippen LogP contribution in [0.5, 0.6) is 5.75 Å². The SMILES string of the molecule is CN1C(=O)C(=Cc2ccc(OCC(=O)O)cc2)C(=O)NC1=S. The van der Waals surface area contributed by atoms with Crippen LogP contribution in [0.2, 0.25) is 0 Å². The maximum atomic E-state index is 12.0. The molecule has 0 aromatic heterocycles. The van der Waals surface area contributed by atoms with Crippen molar-refractivity contribution in [3.05, 3.63) is 35.4 Å². The predicted molar refractivity (Wildman–Crippen MR) is 81.1 cm³/mol. The van der Waals surface area contributed by atoms with Crippen LogP contribution >= 0.6 is 12.2 Å². The van der Waals surface area contributed by atoms with Crippen LogP contribution in [-0.4, -0.2) is 46.6 Å². The van der Waals surface area contributed by atoms with Crippen molar-refractivity contribution in [2.45, 2.75) is 0 Å². The van der Waals surface area contributed by atoms with Gasteiger partial charge in [0.15, 0.2) is 11.7 Å². The molecule has 0 radical (unpaired) electrons. The maximum absolute atomic E-state index is 12.0. The van der Waals surface area contributed by atoms with E-state index in [1.54, 1.807) is 24.3 Å². The van der Waals surface area contributed by atoms with Gasteiger partial charge in [-0.05, 0) is 36.0 Å². The van der Waals surface area contributed by atoms with Crippen molar-refractivity contribution in [2.24, 2.45) is 0 Å². The second kappa shape index (κ2) is 6.35. The Morgan fingerprint density at radius 3 is 2.59 bits per heavy atom. The van der Waals surface area contributed by atoms with E-state index in [0.717, 1.165) is 0 Å². The van der Waals surface area contributed by atoms with Crippen molar-refractivity contribution in [3.63, 3.8) is 0 Å². The first-order valence-electron chi connectivity index (χ1n) is 6.18. The third-order valence-electron chi connectivity index (χ3n) is 2.86. The minimum atomic E-state index is -1.07. The van der Waals surface area contributed by atoms with Crippen LogP contribution in [-0.2, 0) is 14.4 Å². The minimum absolute atomic E-state index is 0.0321. The van der Waals surface area contributed by atoms with Gasteiger partial charge in [0.25, 0.3) is 11.8 Å². The number of nitrogens with one attached hydrogen (secondary N) is 1. The molecule has 1 aliphatic heterocycles. The molecule has 1 aromatic carbocycles. The minimum Gasteiger partial charge on any atom is -0.482 e. The molecule has 22 heavy (non-hydrogen) atoms. The summed E-state index contributed by atoms with van der Waals surface area (Å²) in [6, 6.07) is 6.32. The van der Waals surface area contributed by atoms with Gasteiger partial charge in [-0.3, -0.25) is 19.8 Å². The van der Waals surface area contributed by atoms with Gasteiger partial charge in [-0.15, -0.1) is 0 Å². The second-order valence-corrected chi connectivity index (χ2v) is 4.82. The number of ether oxygens (including phenoxy) is 1. The fraction of sp³-hybridized carbons (Fsp3) is 0.143. The number of rotatable bonds is 4. The normalized spacial score (nSPS) is 16.7. The van der Waals surface area contributed by atoms with Gasteiger partial charge in [0.1, 0.15) is 11.3 Å². The van der Waals surface area contributed by atoms with Crippen LogP contribution in [0, 0.1) is 0 Å². The van der Waals surface area contributed by atoms with E-state index >= 15 is 0 Å². The van der Waals surface area contributed by atoms with Gasteiger partial charge < -0.3 is 9.84 Å². The monoisotopic (exact) mass is 320 g/mol. The number of carbonyl (C=O) groups excluding carboxylic acids is 2. The smallest absolute Gasteiger partial charge is 0.341 e. The number of nitrogens with zero attached hydrogens (tertiary/aromatic N) is 1. The Hall–Kier alpha value is -2.74. The average Bonchev–Trinajstić information content (AvgIpc) is 2.48. The third kappa shape index (κ3) is 3.47. The molecule has 1 fully saturated rings. The Bertz CT molecular complexity index is 681. The van der Waals surface area contributed by atoms with Gasteiger partial charge in [0.05, 0.1) is 0 Å². The topological polar surface area (TPSA) is 95.9 Å². The molecule has 1 aromatic rings. The number of carboxylic acids is 1. The third-order valence-corrected chi connectivity index (χ3v) is 3.23. The summed E-state index contributed by atoms with van der Waals surface area (Å²) >= 11 is 4.85. The Kier molecular flexibility index (Phi) is 4.52. The van der Waals surface area contributed by atoms with Crippen LogP contribution in [0.3, 0.4) is 0 Å². The molecule has 1 heterocycles. The summed E-state index contributed by atoms with van der Waals surface area (Å²) < 4.78 is 4.99. The lowest BCUT2D eigenvalue weighted by Crippen LogP contribution is -2.52. The molecule has 2 N–H and O–H groups in total. The zero-order valence-corrected chi connectivity index (χ0v) is 12.3.